The van der Waals surface area contributed by atoms with Gasteiger partial charge < -0.3 is 38.7 Å². The maximum atomic E-state index is 11.6. The highest BCUT2D eigenvalue weighted by atomic mass is 31.3. The van der Waals surface area contributed by atoms with Crippen molar-refractivity contribution in [2.45, 2.75) is 24.5 Å². The lowest BCUT2D eigenvalue weighted by Crippen LogP contribution is -2.39. The fourth-order valence-electron chi connectivity index (χ4n) is 1.92. The van der Waals surface area contributed by atoms with Crippen molar-refractivity contribution < 1.29 is 47.6 Å². The van der Waals surface area contributed by atoms with Crippen molar-refractivity contribution in [3.8, 4) is 0 Å². The average molecular weight is 402 g/mol. The predicted octanol–water partition coefficient (Wildman–Crippen LogP) is -5.12. The maximum absolute atomic E-state index is 11.6. The Morgan fingerprint density at radius 1 is 1.28 bits per heavy atom. The summed E-state index contributed by atoms with van der Waals surface area (Å²) >= 11 is 0. The Kier molecular flexibility index (Phi) is 5.75. The summed E-state index contributed by atoms with van der Waals surface area (Å²) in [6.07, 6.45) is -6.04. The molecule has 0 aliphatic carbocycles. The quantitative estimate of drug-likeness (QED) is 0.378. The highest BCUT2D eigenvalue weighted by Gasteiger charge is 2.45. The van der Waals surface area contributed by atoms with E-state index in [1.165, 1.54) is 0 Å². The van der Waals surface area contributed by atoms with E-state index in [1.807, 2.05) is 4.98 Å². The van der Waals surface area contributed by atoms with Crippen molar-refractivity contribution in [3.63, 3.8) is 0 Å². The molecule has 2 rings (SSSR count). The summed E-state index contributed by atoms with van der Waals surface area (Å²) in [5.41, 5.74) is -1.92. The summed E-state index contributed by atoms with van der Waals surface area (Å²) in [5.74, 6) is 0. The Hall–Kier alpha value is -1.25. The van der Waals surface area contributed by atoms with Crippen LogP contribution in [0.15, 0.2) is 15.8 Å². The van der Waals surface area contributed by atoms with Crippen molar-refractivity contribution in [3.05, 3.63) is 27.0 Å². The van der Waals surface area contributed by atoms with Crippen molar-refractivity contribution in [1.82, 2.24) is 14.8 Å². The highest BCUT2D eigenvalue weighted by Crippen LogP contribution is 2.50. The number of nitrogens with zero attached hydrogens (tertiary/aromatic N) is 2. The van der Waals surface area contributed by atoms with Crippen LogP contribution in [0.25, 0.3) is 0 Å². The molecule has 1 fully saturated rings. The number of hydrogen-bond donors (Lipinski definition) is 3. The molecule has 15 nitrogen and oxygen atoms in total. The third kappa shape index (κ3) is 5.12. The first-order valence-corrected chi connectivity index (χ1v) is 9.20. The van der Waals surface area contributed by atoms with Gasteiger partial charge in [0.1, 0.15) is 24.5 Å². The van der Waals surface area contributed by atoms with Crippen molar-refractivity contribution >= 4 is 15.6 Å². The number of aliphatic hydroxyl groups excluding tert-OH is 2. The second-order valence-electron chi connectivity index (χ2n) is 4.70. The molecule has 17 heteroatoms. The van der Waals surface area contributed by atoms with Crippen LogP contribution in [-0.4, -0.2) is 49.9 Å². The van der Waals surface area contributed by atoms with Gasteiger partial charge in [0, 0.05) is 0 Å². The summed E-state index contributed by atoms with van der Waals surface area (Å²) in [6.45, 7) is -1.05. The van der Waals surface area contributed by atoms with Gasteiger partial charge in [0.05, 0.1) is 14.4 Å². The zero-order chi connectivity index (χ0) is 19.0. The minimum atomic E-state index is -5.89. The van der Waals surface area contributed by atoms with Crippen LogP contribution in [0.2, 0.25) is 0 Å². The van der Waals surface area contributed by atoms with Crippen LogP contribution in [-0.2, 0) is 22.7 Å². The normalized spacial score (nSPS) is 29.5. The maximum Gasteiger partial charge on any atom is 0.347 e. The SMILES string of the molecule is O=c1cnn([C@@H]2O[C@H](COP(=O)([O-])OP(=O)([O-])[O-])[C@@H](O)[C@H]2O)c(=O)[nH]1. The van der Waals surface area contributed by atoms with Crippen LogP contribution in [0.4, 0.5) is 0 Å². The molecule has 2 heterocycles. The Bertz CT molecular complexity index is 830. The number of aliphatic hydroxyl groups is 2. The number of nitrogens with one attached hydrogen (secondary N) is 1. The topological polar surface area (TPSA) is 239 Å². The monoisotopic (exact) mass is 402 g/mol. The van der Waals surface area contributed by atoms with Gasteiger partial charge in [-0.15, -0.1) is 0 Å². The summed E-state index contributed by atoms with van der Waals surface area (Å²) in [4.78, 5) is 56.0. The molecule has 0 spiro atoms. The number of aromatic nitrogens is 3. The number of ether oxygens (including phenoxy) is 1. The molecular formula is C8H10N3O12P2-3. The number of aromatic amines is 1. The number of phosphoric acid groups is 2. The molecule has 1 aliphatic rings. The van der Waals surface area contributed by atoms with Gasteiger partial charge in [-0.2, -0.15) is 9.78 Å². The van der Waals surface area contributed by atoms with Gasteiger partial charge >= 0.3 is 5.69 Å². The third-order valence-corrected chi connectivity index (χ3v) is 4.98. The van der Waals surface area contributed by atoms with E-state index in [9.17, 15) is 43.6 Å². The molecule has 1 saturated heterocycles. The van der Waals surface area contributed by atoms with Crippen LogP contribution >= 0.6 is 15.6 Å². The molecule has 1 aromatic heterocycles. The fraction of sp³-hybridized carbons (Fsp3) is 0.625. The largest absolute Gasteiger partial charge is 0.790 e. The van der Waals surface area contributed by atoms with Gasteiger partial charge in [0.2, 0.25) is 0 Å². The summed E-state index contributed by atoms with van der Waals surface area (Å²) in [5, 5.41) is 23.0. The van der Waals surface area contributed by atoms with E-state index in [0.29, 0.717) is 10.9 Å². The van der Waals surface area contributed by atoms with Crippen molar-refractivity contribution in [1.29, 1.82) is 0 Å². The fourth-order valence-corrected chi connectivity index (χ4v) is 3.42. The minimum absolute atomic E-state index is 0.478. The lowest BCUT2D eigenvalue weighted by atomic mass is 10.1. The highest BCUT2D eigenvalue weighted by molar-refractivity contribution is 7.58. The van der Waals surface area contributed by atoms with Crippen LogP contribution in [0, 0.1) is 0 Å². The first kappa shape index (κ1) is 20.1. The van der Waals surface area contributed by atoms with E-state index in [-0.39, 0.29) is 0 Å². The summed E-state index contributed by atoms with van der Waals surface area (Å²) in [7, 11) is -11.5. The zero-order valence-electron chi connectivity index (χ0n) is 11.9. The molecule has 0 amide bonds. The predicted molar refractivity (Wildman–Crippen MR) is 67.3 cm³/mol. The first-order valence-electron chi connectivity index (χ1n) is 6.28. The molecule has 1 aromatic rings. The van der Waals surface area contributed by atoms with Gasteiger partial charge in [-0.25, -0.2) is 4.79 Å². The Morgan fingerprint density at radius 2 is 1.92 bits per heavy atom. The molecule has 0 saturated carbocycles. The Morgan fingerprint density at radius 3 is 2.48 bits per heavy atom. The molecular weight excluding hydrogens is 392 g/mol. The Balaban J connectivity index is 2.09. The van der Waals surface area contributed by atoms with Gasteiger partial charge in [-0.3, -0.25) is 18.7 Å². The molecule has 3 N–H and O–H groups in total. The van der Waals surface area contributed by atoms with Crippen molar-refractivity contribution in [2.75, 3.05) is 6.61 Å². The average Bonchev–Trinajstić information content (AvgIpc) is 2.71. The van der Waals surface area contributed by atoms with E-state index < -0.39 is 58.0 Å². The van der Waals surface area contributed by atoms with Crippen molar-refractivity contribution in [2.24, 2.45) is 0 Å². The number of hydrogen-bond acceptors (Lipinski definition) is 13. The summed E-state index contributed by atoms with van der Waals surface area (Å²) < 4.78 is 34.2. The molecule has 0 aromatic carbocycles. The van der Waals surface area contributed by atoms with E-state index >= 15 is 0 Å². The van der Waals surface area contributed by atoms with Gasteiger partial charge in [-0.05, 0) is 0 Å². The molecule has 1 unspecified atom stereocenters. The number of rotatable bonds is 6. The lowest BCUT2D eigenvalue weighted by Gasteiger charge is -2.35. The number of phosphoric ester groups is 1. The first-order chi connectivity index (χ1) is 11.4. The molecule has 0 radical (unpaired) electrons. The molecule has 1 aliphatic heterocycles. The second kappa shape index (κ2) is 7.17. The summed E-state index contributed by atoms with van der Waals surface area (Å²) in [6, 6.07) is 0. The van der Waals surface area contributed by atoms with Gasteiger partial charge in [0.25, 0.3) is 13.4 Å². The molecule has 5 atom stereocenters. The van der Waals surface area contributed by atoms with E-state index in [2.05, 4.69) is 13.9 Å². The molecule has 0 bridgehead atoms. The van der Waals surface area contributed by atoms with Crippen LogP contribution in [0.3, 0.4) is 0 Å². The Labute approximate surface area is 137 Å². The van der Waals surface area contributed by atoms with E-state index in [1.54, 1.807) is 0 Å². The van der Waals surface area contributed by atoms with E-state index in [0.717, 1.165) is 0 Å². The smallest absolute Gasteiger partial charge is 0.347 e. The third-order valence-electron chi connectivity index (χ3n) is 2.91. The molecule has 142 valence electrons. The van der Waals surface area contributed by atoms with Gasteiger partial charge in [-0.1, -0.05) is 0 Å². The second-order valence-corrected chi connectivity index (χ2v) is 7.40. The van der Waals surface area contributed by atoms with Crippen LogP contribution in [0.1, 0.15) is 6.23 Å². The standard InChI is InChI=1S/C8H13N3O12P2/c12-4-1-9-11(8(15)10-4)7-6(14)5(13)3(22-7)2-21-25(19,20)23-24(16,17)18/h1,3,5-7,13-14H,2H2,(H,19,20)(H,10,12,15)(H2,16,17,18)/p-3/t3-,5-,6-,7-/m1/s1. The lowest BCUT2D eigenvalue weighted by molar-refractivity contribution is -0.339. The molecule has 25 heavy (non-hydrogen) atoms. The minimum Gasteiger partial charge on any atom is -0.790 e. The van der Waals surface area contributed by atoms with Crippen LogP contribution in [0.5, 0.6) is 0 Å². The van der Waals surface area contributed by atoms with Crippen LogP contribution < -0.4 is 25.9 Å². The number of H-pyrrole nitrogens is 1. The zero-order valence-corrected chi connectivity index (χ0v) is 13.6. The van der Waals surface area contributed by atoms with Gasteiger partial charge in [0.15, 0.2) is 6.23 Å². The van der Waals surface area contributed by atoms with E-state index in [4.69, 9.17) is 4.74 Å².